The molecule has 0 bridgehead atoms. The molecule has 7 rings (SSSR count). The largest absolute Gasteiger partial charge is 0.493 e. The highest BCUT2D eigenvalue weighted by molar-refractivity contribution is 5.96. The molecule has 4 aromatic carbocycles. The van der Waals surface area contributed by atoms with Crippen molar-refractivity contribution >= 4 is 22.9 Å². The number of ether oxygens (including phenoxy) is 3. The first-order chi connectivity index (χ1) is 25.3. The summed E-state index contributed by atoms with van der Waals surface area (Å²) in [6, 6.07) is 24.7. The van der Waals surface area contributed by atoms with E-state index in [4.69, 9.17) is 19.2 Å². The number of rotatable bonds is 12. The van der Waals surface area contributed by atoms with E-state index in [0.717, 1.165) is 73.7 Å². The van der Waals surface area contributed by atoms with Gasteiger partial charge in [-0.2, -0.15) is 0 Å². The summed E-state index contributed by atoms with van der Waals surface area (Å²) >= 11 is 0. The van der Waals surface area contributed by atoms with Crippen LogP contribution in [-0.2, 0) is 12.0 Å². The van der Waals surface area contributed by atoms with Gasteiger partial charge in [0.05, 0.1) is 38.9 Å². The molecule has 1 N–H and O–H groups in total. The lowest BCUT2D eigenvalue weighted by Crippen LogP contribution is -2.50. The molecule has 3 heterocycles. The molecule has 52 heavy (non-hydrogen) atoms. The monoisotopic (exact) mass is 710 g/mol. The highest BCUT2D eigenvalue weighted by Gasteiger charge is 2.42. The van der Waals surface area contributed by atoms with Gasteiger partial charge >= 0.3 is 0 Å². The fourth-order valence-corrected chi connectivity index (χ4v) is 7.51. The Morgan fingerprint density at radius 1 is 0.827 bits per heavy atom. The van der Waals surface area contributed by atoms with E-state index in [-0.39, 0.29) is 23.0 Å². The second kappa shape index (κ2) is 15.2. The maximum Gasteiger partial charge on any atom is 0.254 e. The number of methoxy groups -OCH3 is 3. The minimum atomic E-state index is -0.329. The molecule has 272 valence electrons. The van der Waals surface area contributed by atoms with E-state index in [1.807, 2.05) is 41.3 Å². The number of piperazine rings is 1. The van der Waals surface area contributed by atoms with Crippen molar-refractivity contribution in [1.29, 1.82) is 0 Å². The highest BCUT2D eigenvalue weighted by atomic mass is 19.1. The van der Waals surface area contributed by atoms with Gasteiger partial charge in [0.15, 0.2) is 11.5 Å². The second-order valence-corrected chi connectivity index (χ2v) is 13.5. The van der Waals surface area contributed by atoms with Crippen LogP contribution in [0.2, 0.25) is 0 Å². The molecular formula is C40H44F2N6O4. The van der Waals surface area contributed by atoms with E-state index in [9.17, 15) is 13.6 Å². The molecule has 1 amide bonds. The SMILES string of the molecule is COc1cc(C(=O)N2CCC(CCN3CCN(Nc4nc5ccccc5n4Cc4ccc(F)cc4)CC3)(c3ccc(F)cc3)C2)cc(OC)c1OC. The maximum absolute atomic E-state index is 14.1. The molecule has 2 saturated heterocycles. The Labute approximate surface area is 302 Å². The fourth-order valence-electron chi connectivity index (χ4n) is 7.51. The molecular weight excluding hydrogens is 666 g/mol. The Hall–Kier alpha value is -5.20. The number of carbonyl (C=O) groups is 1. The minimum Gasteiger partial charge on any atom is -0.493 e. The average molecular weight is 711 g/mol. The molecule has 2 fully saturated rings. The van der Waals surface area contributed by atoms with Crippen molar-refractivity contribution in [1.82, 2.24) is 24.4 Å². The van der Waals surface area contributed by atoms with Gasteiger partial charge in [0, 0.05) is 50.2 Å². The summed E-state index contributed by atoms with van der Waals surface area (Å²) in [5.41, 5.74) is 7.62. The molecule has 12 heteroatoms. The van der Waals surface area contributed by atoms with Crippen molar-refractivity contribution in [2.24, 2.45) is 0 Å². The number of nitrogens with one attached hydrogen (secondary N) is 1. The van der Waals surface area contributed by atoms with E-state index in [2.05, 4.69) is 19.9 Å². The van der Waals surface area contributed by atoms with Crippen LogP contribution < -0.4 is 19.6 Å². The van der Waals surface area contributed by atoms with Crippen LogP contribution in [0.15, 0.2) is 84.9 Å². The summed E-state index contributed by atoms with van der Waals surface area (Å²) in [7, 11) is 4.60. The Morgan fingerprint density at radius 3 is 2.13 bits per heavy atom. The average Bonchev–Trinajstić information content (AvgIpc) is 3.77. The Morgan fingerprint density at radius 2 is 1.48 bits per heavy atom. The molecule has 0 aliphatic carbocycles. The van der Waals surface area contributed by atoms with Crippen LogP contribution in [0, 0.1) is 11.6 Å². The topological polar surface area (TPSA) is 84.3 Å². The number of imidazole rings is 1. The number of benzene rings is 4. The molecule has 1 atom stereocenters. The van der Waals surface area contributed by atoms with Gasteiger partial charge < -0.3 is 28.6 Å². The predicted octanol–water partition coefficient (Wildman–Crippen LogP) is 6.21. The van der Waals surface area contributed by atoms with Gasteiger partial charge in [0.2, 0.25) is 11.7 Å². The van der Waals surface area contributed by atoms with E-state index in [0.29, 0.717) is 42.4 Å². The van der Waals surface area contributed by atoms with Crippen molar-refractivity contribution in [2.45, 2.75) is 24.8 Å². The summed E-state index contributed by atoms with van der Waals surface area (Å²) in [5.74, 6) is 1.37. The third-order valence-corrected chi connectivity index (χ3v) is 10.5. The van der Waals surface area contributed by atoms with Crippen LogP contribution >= 0.6 is 0 Å². The van der Waals surface area contributed by atoms with Crippen LogP contribution in [0.3, 0.4) is 0 Å². The number of halogens is 2. The summed E-state index contributed by atoms with van der Waals surface area (Å²) in [6.45, 7) is 5.75. The zero-order chi connectivity index (χ0) is 36.2. The lowest BCUT2D eigenvalue weighted by atomic mass is 9.76. The minimum absolute atomic E-state index is 0.117. The third kappa shape index (κ3) is 7.26. The predicted molar refractivity (Wildman–Crippen MR) is 196 cm³/mol. The normalized spacial score (nSPS) is 18.1. The van der Waals surface area contributed by atoms with E-state index in [1.165, 1.54) is 45.6 Å². The summed E-state index contributed by atoms with van der Waals surface area (Å²) < 4.78 is 46.3. The Balaban J connectivity index is 1.02. The van der Waals surface area contributed by atoms with E-state index in [1.54, 1.807) is 24.3 Å². The van der Waals surface area contributed by atoms with Crippen LogP contribution in [-0.4, -0.2) is 97.4 Å². The fraction of sp³-hybridized carbons (Fsp3) is 0.350. The number of hydrogen-bond acceptors (Lipinski definition) is 8. The van der Waals surface area contributed by atoms with E-state index < -0.39 is 0 Å². The second-order valence-electron chi connectivity index (χ2n) is 13.5. The highest BCUT2D eigenvalue weighted by Crippen LogP contribution is 2.41. The number of aromatic nitrogens is 2. The molecule has 5 aromatic rings. The number of carbonyl (C=O) groups excluding carboxylic acids is 1. The Bertz CT molecular complexity index is 1990. The van der Waals surface area contributed by atoms with E-state index >= 15 is 0 Å². The van der Waals surface area contributed by atoms with Crippen molar-refractivity contribution in [2.75, 3.05) is 72.6 Å². The molecule has 0 spiro atoms. The summed E-state index contributed by atoms with van der Waals surface area (Å²) in [5, 5.41) is 2.20. The van der Waals surface area contributed by atoms with Gasteiger partial charge in [-0.25, -0.2) is 18.8 Å². The van der Waals surface area contributed by atoms with Gasteiger partial charge in [-0.1, -0.05) is 36.4 Å². The molecule has 1 aromatic heterocycles. The number of fused-ring (bicyclic) bond motifs is 1. The third-order valence-electron chi connectivity index (χ3n) is 10.5. The molecule has 10 nitrogen and oxygen atoms in total. The van der Waals surface area contributed by atoms with Crippen LogP contribution in [0.25, 0.3) is 11.0 Å². The number of hydrogen-bond donors (Lipinski definition) is 1. The number of likely N-dealkylation sites (tertiary alicyclic amines) is 1. The van der Waals surface area contributed by atoms with Crippen molar-refractivity contribution in [3.05, 3.63) is 113 Å². The first kappa shape index (κ1) is 35.2. The van der Waals surface area contributed by atoms with Crippen LogP contribution in [0.1, 0.15) is 34.3 Å². The molecule has 0 saturated carbocycles. The lowest BCUT2D eigenvalue weighted by Gasteiger charge is -2.37. The molecule has 2 aliphatic rings. The van der Waals surface area contributed by atoms with Gasteiger partial charge in [0.1, 0.15) is 11.6 Å². The molecule has 1 unspecified atom stereocenters. The zero-order valence-electron chi connectivity index (χ0n) is 29.8. The Kier molecular flexibility index (Phi) is 10.3. The van der Waals surface area contributed by atoms with Crippen molar-refractivity contribution in [3.8, 4) is 17.2 Å². The number of amides is 1. The summed E-state index contributed by atoms with van der Waals surface area (Å²) in [6.07, 6.45) is 1.58. The number of para-hydroxylation sites is 2. The number of hydrazine groups is 1. The number of anilines is 1. The van der Waals surface area contributed by atoms with Gasteiger partial charge in [-0.15, -0.1) is 0 Å². The van der Waals surface area contributed by atoms with Gasteiger partial charge in [-0.3, -0.25) is 10.2 Å². The van der Waals surface area contributed by atoms with Crippen LogP contribution in [0.4, 0.5) is 14.7 Å². The maximum atomic E-state index is 14.1. The quantitative estimate of drug-likeness (QED) is 0.164. The number of nitrogens with zero attached hydrogens (tertiary/aromatic N) is 5. The van der Waals surface area contributed by atoms with Gasteiger partial charge in [0.25, 0.3) is 5.91 Å². The molecule has 0 radical (unpaired) electrons. The van der Waals surface area contributed by atoms with Crippen LogP contribution in [0.5, 0.6) is 17.2 Å². The van der Waals surface area contributed by atoms with Gasteiger partial charge in [-0.05, 0) is 79.0 Å². The first-order valence-corrected chi connectivity index (χ1v) is 17.6. The zero-order valence-corrected chi connectivity index (χ0v) is 29.8. The summed E-state index contributed by atoms with van der Waals surface area (Å²) in [4.78, 5) is 23.1. The van der Waals surface area contributed by atoms with Crippen molar-refractivity contribution < 1.29 is 27.8 Å². The standard InChI is InChI=1S/C40H44F2N6O4/c1-50-35-24-29(25-36(51-2)37(35)52-3)38(49)46-19-17-40(27-46,30-10-14-32(42)15-11-30)16-18-45-20-22-47(23-21-45)44-39-43-33-6-4-5-7-34(33)48(39)26-28-8-12-31(41)13-9-28/h4-15,24-25H,16-23,26-27H2,1-3H3,(H,43,44). The lowest BCUT2D eigenvalue weighted by molar-refractivity contribution is 0.0778. The molecule has 2 aliphatic heterocycles. The van der Waals surface area contributed by atoms with Crippen molar-refractivity contribution in [3.63, 3.8) is 0 Å². The first-order valence-electron chi connectivity index (χ1n) is 17.6. The smallest absolute Gasteiger partial charge is 0.254 e.